The number of rotatable bonds is 9. The summed E-state index contributed by atoms with van der Waals surface area (Å²) in [5, 5.41) is 4.07. The van der Waals surface area contributed by atoms with Crippen molar-refractivity contribution in [3.63, 3.8) is 0 Å². The summed E-state index contributed by atoms with van der Waals surface area (Å²) in [4.78, 5) is 27.8. The summed E-state index contributed by atoms with van der Waals surface area (Å²) in [5.74, 6) is -0.339. The second-order valence-corrected chi connectivity index (χ2v) is 10.2. The molecule has 1 saturated carbocycles. The zero-order valence-electron chi connectivity index (χ0n) is 18.7. The van der Waals surface area contributed by atoms with Gasteiger partial charge in [0.2, 0.25) is 11.8 Å². The molecular formula is C25H29Cl2FN2O2S. The minimum atomic E-state index is -0.632. The largest absolute Gasteiger partial charge is 0.352 e. The molecule has 0 unspecified atom stereocenters. The van der Waals surface area contributed by atoms with Crippen LogP contribution < -0.4 is 5.32 Å². The second kappa shape index (κ2) is 12.6. The van der Waals surface area contributed by atoms with Crippen LogP contribution >= 0.6 is 35.0 Å². The van der Waals surface area contributed by atoms with E-state index >= 15 is 0 Å². The monoisotopic (exact) mass is 510 g/mol. The number of thioether (sulfide) groups is 1. The molecule has 4 nitrogen and oxygen atoms in total. The lowest BCUT2D eigenvalue weighted by Gasteiger charge is -2.31. The maximum Gasteiger partial charge on any atom is 0.242 e. The van der Waals surface area contributed by atoms with Crippen LogP contribution in [-0.2, 0) is 21.9 Å². The van der Waals surface area contributed by atoms with Crippen molar-refractivity contribution < 1.29 is 14.0 Å². The van der Waals surface area contributed by atoms with Crippen molar-refractivity contribution in [2.45, 2.75) is 63.4 Å². The van der Waals surface area contributed by atoms with Crippen molar-refractivity contribution in [1.82, 2.24) is 10.2 Å². The van der Waals surface area contributed by atoms with Crippen molar-refractivity contribution in [1.29, 1.82) is 0 Å². The summed E-state index contributed by atoms with van der Waals surface area (Å²) in [6.07, 6.45) is 5.38. The molecule has 0 aliphatic heterocycles. The Morgan fingerprint density at radius 2 is 1.82 bits per heavy atom. The van der Waals surface area contributed by atoms with Gasteiger partial charge in [0.05, 0.1) is 5.75 Å². The third kappa shape index (κ3) is 7.62. The van der Waals surface area contributed by atoms with Gasteiger partial charge in [0.15, 0.2) is 0 Å². The van der Waals surface area contributed by atoms with E-state index in [9.17, 15) is 14.0 Å². The number of carbonyl (C=O) groups excluding carboxylic acids is 2. The number of hydrogen-bond donors (Lipinski definition) is 1. The normalized spacial score (nSPS) is 15.2. The summed E-state index contributed by atoms with van der Waals surface area (Å²) in [5.41, 5.74) is 1.26. The molecule has 1 atom stereocenters. The fourth-order valence-electron chi connectivity index (χ4n) is 3.93. The van der Waals surface area contributed by atoms with Crippen LogP contribution in [0.5, 0.6) is 0 Å². The average Bonchev–Trinajstić information content (AvgIpc) is 2.80. The molecule has 0 aromatic heterocycles. The number of carbonyl (C=O) groups is 2. The van der Waals surface area contributed by atoms with E-state index in [1.807, 2.05) is 12.1 Å². The van der Waals surface area contributed by atoms with Crippen molar-refractivity contribution in [2.75, 3.05) is 5.75 Å². The molecule has 1 aliphatic carbocycles. The second-order valence-electron chi connectivity index (χ2n) is 8.36. The number of nitrogens with zero attached hydrogens (tertiary/aromatic N) is 1. The van der Waals surface area contributed by atoms with Crippen LogP contribution in [0.15, 0.2) is 42.5 Å². The van der Waals surface area contributed by atoms with Gasteiger partial charge >= 0.3 is 0 Å². The van der Waals surface area contributed by atoms with Crippen LogP contribution in [0.25, 0.3) is 0 Å². The van der Waals surface area contributed by atoms with Crippen molar-refractivity contribution in [3.8, 4) is 0 Å². The van der Waals surface area contributed by atoms with E-state index in [-0.39, 0.29) is 41.7 Å². The summed E-state index contributed by atoms with van der Waals surface area (Å²) >= 11 is 13.4. The van der Waals surface area contributed by atoms with Crippen LogP contribution in [0.4, 0.5) is 4.39 Å². The van der Waals surface area contributed by atoms with Gasteiger partial charge in [-0.1, -0.05) is 60.7 Å². The molecule has 0 bridgehead atoms. The molecule has 0 saturated heterocycles. The Kier molecular flexibility index (Phi) is 9.90. The lowest BCUT2D eigenvalue weighted by Crippen LogP contribution is -2.50. The number of nitrogens with one attached hydrogen (secondary N) is 1. The first-order valence-corrected chi connectivity index (χ1v) is 13.1. The first kappa shape index (κ1) is 25.9. The highest BCUT2D eigenvalue weighted by molar-refractivity contribution is 7.99. The topological polar surface area (TPSA) is 49.4 Å². The zero-order valence-corrected chi connectivity index (χ0v) is 21.0. The van der Waals surface area contributed by atoms with E-state index in [2.05, 4.69) is 5.32 Å². The van der Waals surface area contributed by atoms with E-state index in [0.29, 0.717) is 15.6 Å². The fraction of sp³-hybridized carbons (Fsp3) is 0.440. The van der Waals surface area contributed by atoms with Crippen molar-refractivity contribution in [3.05, 3.63) is 69.5 Å². The van der Waals surface area contributed by atoms with Crippen molar-refractivity contribution >= 4 is 46.8 Å². The molecule has 2 aromatic rings. The molecule has 0 heterocycles. The highest BCUT2D eigenvalue weighted by Crippen LogP contribution is 2.25. The van der Waals surface area contributed by atoms with Gasteiger partial charge in [0.25, 0.3) is 0 Å². The van der Waals surface area contributed by atoms with Gasteiger partial charge in [-0.15, -0.1) is 11.8 Å². The van der Waals surface area contributed by atoms with Crippen LogP contribution in [0.3, 0.4) is 0 Å². The van der Waals surface area contributed by atoms with E-state index in [0.717, 1.165) is 31.2 Å². The van der Waals surface area contributed by atoms with E-state index in [4.69, 9.17) is 23.2 Å². The van der Waals surface area contributed by atoms with E-state index in [1.54, 1.807) is 36.1 Å². The molecule has 33 heavy (non-hydrogen) atoms. The minimum absolute atomic E-state index is 0.110. The van der Waals surface area contributed by atoms with Gasteiger partial charge < -0.3 is 10.2 Å². The maximum absolute atomic E-state index is 14.1. The number of benzene rings is 2. The molecule has 1 fully saturated rings. The van der Waals surface area contributed by atoms with Crippen molar-refractivity contribution in [2.24, 2.45) is 0 Å². The standard InChI is InChI=1S/C25H29Cl2FN2O2S/c1-17(25(32)29-20-6-3-2-4-7-20)30(14-18-10-12-19(26)13-11-18)24(31)16-33-15-21-22(27)8-5-9-23(21)28/h5,8-13,17,20H,2-4,6-7,14-16H2,1H3,(H,29,32)/t17-/m0/s1. The summed E-state index contributed by atoms with van der Waals surface area (Å²) in [6.45, 7) is 2.04. The fourth-order valence-corrected chi connectivity index (χ4v) is 5.31. The molecule has 8 heteroatoms. The summed E-state index contributed by atoms with van der Waals surface area (Å²) in [7, 11) is 0. The average molecular weight is 511 g/mol. The Bertz CT molecular complexity index is 932. The molecule has 2 aromatic carbocycles. The molecule has 3 rings (SSSR count). The maximum atomic E-state index is 14.1. The SMILES string of the molecule is C[C@@H](C(=O)NC1CCCCC1)N(Cc1ccc(Cl)cc1)C(=O)CSCc1c(F)cccc1Cl. The van der Waals surface area contributed by atoms with Gasteiger partial charge in [-0.2, -0.15) is 0 Å². The molecular weight excluding hydrogens is 482 g/mol. The van der Waals surface area contributed by atoms with E-state index < -0.39 is 6.04 Å². The van der Waals surface area contributed by atoms with E-state index in [1.165, 1.54) is 24.2 Å². The predicted octanol–water partition coefficient (Wildman–Crippen LogP) is 6.23. The van der Waals surface area contributed by atoms with Gasteiger partial charge in [0.1, 0.15) is 11.9 Å². The summed E-state index contributed by atoms with van der Waals surface area (Å²) < 4.78 is 14.1. The third-order valence-corrected chi connectivity index (χ3v) is 7.47. The minimum Gasteiger partial charge on any atom is -0.352 e. The third-order valence-electron chi connectivity index (χ3n) is 5.92. The molecule has 2 amide bonds. The molecule has 0 radical (unpaired) electrons. The lowest BCUT2D eigenvalue weighted by molar-refractivity contribution is -0.139. The Labute approximate surface area is 209 Å². The number of halogens is 3. The first-order chi connectivity index (χ1) is 15.8. The Balaban J connectivity index is 1.67. The smallest absolute Gasteiger partial charge is 0.242 e. The molecule has 1 aliphatic rings. The number of amides is 2. The Morgan fingerprint density at radius 1 is 1.12 bits per heavy atom. The van der Waals surface area contributed by atoms with Gasteiger partial charge in [-0.25, -0.2) is 4.39 Å². The quantitative estimate of drug-likeness (QED) is 0.434. The summed E-state index contributed by atoms with van der Waals surface area (Å²) in [6, 6.07) is 11.3. The first-order valence-electron chi connectivity index (χ1n) is 11.2. The zero-order chi connectivity index (χ0) is 23.8. The molecule has 178 valence electrons. The number of hydrogen-bond acceptors (Lipinski definition) is 3. The Morgan fingerprint density at radius 3 is 2.48 bits per heavy atom. The van der Waals surface area contributed by atoms with Gasteiger partial charge in [0, 0.05) is 33.9 Å². The molecule has 1 N–H and O–H groups in total. The van der Waals surface area contributed by atoms with Crippen LogP contribution in [0, 0.1) is 5.82 Å². The van der Waals surface area contributed by atoms with Crippen LogP contribution in [0.2, 0.25) is 10.0 Å². The van der Waals surface area contributed by atoms with Gasteiger partial charge in [-0.05, 0) is 49.6 Å². The highest BCUT2D eigenvalue weighted by Gasteiger charge is 2.28. The van der Waals surface area contributed by atoms with Gasteiger partial charge in [-0.3, -0.25) is 9.59 Å². The van der Waals surface area contributed by atoms with Crippen LogP contribution in [0.1, 0.15) is 50.2 Å². The highest BCUT2D eigenvalue weighted by atomic mass is 35.5. The lowest BCUT2D eigenvalue weighted by atomic mass is 9.95. The predicted molar refractivity (Wildman–Crippen MR) is 134 cm³/mol. The Hall–Kier alpha value is -1.76. The molecule has 0 spiro atoms. The van der Waals surface area contributed by atoms with Crippen LogP contribution in [-0.4, -0.2) is 34.6 Å².